The second-order valence-electron chi connectivity index (χ2n) is 4.10. The summed E-state index contributed by atoms with van der Waals surface area (Å²) in [5.74, 6) is 0.517. The maximum Gasteiger partial charge on any atom is 0.193 e. The lowest BCUT2D eigenvalue weighted by Crippen LogP contribution is -2.41. The van der Waals surface area contributed by atoms with E-state index < -0.39 is 0 Å². The second kappa shape index (κ2) is 3.27. The van der Waals surface area contributed by atoms with Crippen LogP contribution in [0.4, 0.5) is 0 Å². The van der Waals surface area contributed by atoms with Gasteiger partial charge in [-0.1, -0.05) is 30.4 Å². The molecule has 1 heterocycles. The lowest BCUT2D eigenvalue weighted by atomic mass is 9.92. The van der Waals surface area contributed by atoms with E-state index in [-0.39, 0.29) is 6.10 Å². The molecule has 16 heavy (non-hydrogen) atoms. The van der Waals surface area contributed by atoms with Gasteiger partial charge < -0.3 is 10.5 Å². The van der Waals surface area contributed by atoms with Gasteiger partial charge in [0.2, 0.25) is 0 Å². The van der Waals surface area contributed by atoms with Crippen LogP contribution in [0, 0.1) is 0 Å². The van der Waals surface area contributed by atoms with Crippen LogP contribution in [0.1, 0.15) is 6.92 Å². The Bertz CT molecular complexity index is 622. The molecule has 0 radical (unpaired) electrons. The number of allylic oxidation sites excluding steroid dienone is 2. The van der Waals surface area contributed by atoms with Crippen LogP contribution in [0.25, 0.3) is 11.5 Å². The fourth-order valence-corrected chi connectivity index (χ4v) is 2.31. The third-order valence-electron chi connectivity index (χ3n) is 3.08. The van der Waals surface area contributed by atoms with Crippen LogP contribution < -0.4 is 16.2 Å². The molecule has 2 aliphatic rings. The smallest absolute Gasteiger partial charge is 0.193 e. The van der Waals surface area contributed by atoms with Gasteiger partial charge in [-0.05, 0) is 29.9 Å². The summed E-state index contributed by atoms with van der Waals surface area (Å²) in [6.07, 6.45) is 6.13. The van der Waals surface area contributed by atoms with Gasteiger partial charge in [-0.3, -0.25) is 0 Å². The second-order valence-corrected chi connectivity index (χ2v) is 4.10. The Morgan fingerprint density at radius 2 is 1.94 bits per heavy atom. The molecule has 2 heteroatoms. The molecule has 0 amide bonds. The largest absolute Gasteiger partial charge is 0.466 e. The fraction of sp³-hybridized carbons (Fsp3) is 0.143. The van der Waals surface area contributed by atoms with E-state index in [9.17, 15) is 0 Å². The SMILES string of the molecule is CC1=CC=CC2OC(N)=c3ccccc3=C12. The first-order valence-electron chi connectivity index (χ1n) is 5.38. The predicted molar refractivity (Wildman–Crippen MR) is 64.5 cm³/mol. The molecule has 1 aromatic rings. The van der Waals surface area contributed by atoms with Crippen LogP contribution in [0.3, 0.4) is 0 Å². The minimum Gasteiger partial charge on any atom is -0.466 e. The first-order chi connectivity index (χ1) is 7.77. The van der Waals surface area contributed by atoms with Crippen LogP contribution >= 0.6 is 0 Å². The molecule has 80 valence electrons. The van der Waals surface area contributed by atoms with Crippen LogP contribution in [0.5, 0.6) is 0 Å². The van der Waals surface area contributed by atoms with E-state index in [2.05, 4.69) is 19.1 Å². The molecule has 1 aliphatic carbocycles. The van der Waals surface area contributed by atoms with E-state index in [1.807, 2.05) is 30.4 Å². The van der Waals surface area contributed by atoms with Gasteiger partial charge in [0.25, 0.3) is 0 Å². The first kappa shape index (κ1) is 9.28. The van der Waals surface area contributed by atoms with Gasteiger partial charge in [0.1, 0.15) is 6.10 Å². The summed E-state index contributed by atoms with van der Waals surface area (Å²) in [7, 11) is 0. The van der Waals surface area contributed by atoms with Crippen molar-refractivity contribution in [2.75, 3.05) is 0 Å². The number of benzene rings is 1. The molecule has 2 N–H and O–H groups in total. The first-order valence-corrected chi connectivity index (χ1v) is 5.38. The molecule has 0 saturated carbocycles. The van der Waals surface area contributed by atoms with Gasteiger partial charge in [0.15, 0.2) is 5.88 Å². The summed E-state index contributed by atoms with van der Waals surface area (Å²) in [6.45, 7) is 2.10. The minimum absolute atomic E-state index is 0.0279. The van der Waals surface area contributed by atoms with E-state index in [1.165, 1.54) is 16.4 Å². The fourth-order valence-electron chi connectivity index (χ4n) is 2.31. The predicted octanol–water partition coefficient (Wildman–Crippen LogP) is 0.777. The lowest BCUT2D eigenvalue weighted by Gasteiger charge is -2.26. The van der Waals surface area contributed by atoms with Gasteiger partial charge in [-0.25, -0.2) is 0 Å². The highest BCUT2D eigenvalue weighted by Crippen LogP contribution is 2.24. The van der Waals surface area contributed by atoms with E-state index in [4.69, 9.17) is 10.5 Å². The molecule has 1 aliphatic heterocycles. The molecule has 1 atom stereocenters. The molecule has 2 nitrogen and oxygen atoms in total. The number of rotatable bonds is 0. The number of ether oxygens (including phenoxy) is 1. The van der Waals surface area contributed by atoms with E-state index in [1.54, 1.807) is 0 Å². The molecule has 3 rings (SSSR count). The Balaban J connectivity index is 2.47. The third kappa shape index (κ3) is 1.20. The van der Waals surface area contributed by atoms with Crippen molar-refractivity contribution in [2.45, 2.75) is 13.0 Å². The maximum atomic E-state index is 5.93. The van der Waals surface area contributed by atoms with Gasteiger partial charge >= 0.3 is 0 Å². The zero-order chi connectivity index (χ0) is 11.1. The summed E-state index contributed by atoms with van der Waals surface area (Å²) < 4.78 is 5.72. The van der Waals surface area contributed by atoms with Crippen molar-refractivity contribution < 1.29 is 4.74 Å². The lowest BCUT2D eigenvalue weighted by molar-refractivity contribution is 0.247. The average Bonchev–Trinajstić information content (AvgIpc) is 2.29. The summed E-state index contributed by atoms with van der Waals surface area (Å²) >= 11 is 0. The molecule has 0 spiro atoms. The maximum absolute atomic E-state index is 5.93. The van der Waals surface area contributed by atoms with Crippen molar-refractivity contribution in [3.05, 3.63) is 58.5 Å². The molecular weight excluding hydrogens is 198 g/mol. The molecule has 0 bridgehead atoms. The van der Waals surface area contributed by atoms with Crippen molar-refractivity contribution in [3.8, 4) is 0 Å². The number of fused-ring (bicyclic) bond motifs is 2. The van der Waals surface area contributed by atoms with Crippen molar-refractivity contribution in [1.82, 2.24) is 0 Å². The number of hydrogen-bond donors (Lipinski definition) is 1. The summed E-state index contributed by atoms with van der Waals surface area (Å²) in [6, 6.07) is 8.11. The van der Waals surface area contributed by atoms with Gasteiger partial charge in [0.05, 0.1) is 0 Å². The molecule has 0 fully saturated rings. The number of nitrogens with two attached hydrogens (primary N) is 1. The number of hydrogen-bond acceptors (Lipinski definition) is 2. The Morgan fingerprint density at radius 3 is 2.75 bits per heavy atom. The average molecular weight is 211 g/mol. The van der Waals surface area contributed by atoms with Crippen molar-refractivity contribution in [3.63, 3.8) is 0 Å². The summed E-state index contributed by atoms with van der Waals surface area (Å²) in [5, 5.41) is 2.19. The zero-order valence-electron chi connectivity index (χ0n) is 9.10. The van der Waals surface area contributed by atoms with Gasteiger partial charge in [-0.15, -0.1) is 0 Å². The highest BCUT2D eigenvalue weighted by Gasteiger charge is 2.22. The standard InChI is InChI=1S/C14H13NO/c1-9-5-4-8-12-13(9)10-6-2-3-7-11(10)14(15)16-12/h2-8,12H,15H2,1H3. The van der Waals surface area contributed by atoms with Crippen LogP contribution in [-0.2, 0) is 4.74 Å². The molecule has 0 saturated heterocycles. The minimum atomic E-state index is -0.0279. The zero-order valence-corrected chi connectivity index (χ0v) is 9.10. The highest BCUT2D eigenvalue weighted by atomic mass is 16.5. The normalized spacial score (nSPS) is 22.1. The summed E-state index contributed by atoms with van der Waals surface area (Å²) in [4.78, 5) is 0. The molecular formula is C14H13NO. The van der Waals surface area contributed by atoms with Crippen molar-refractivity contribution >= 4 is 11.5 Å². The molecule has 1 aromatic carbocycles. The van der Waals surface area contributed by atoms with Crippen LogP contribution in [-0.4, -0.2) is 6.10 Å². The van der Waals surface area contributed by atoms with Gasteiger partial charge in [-0.2, -0.15) is 0 Å². The van der Waals surface area contributed by atoms with Gasteiger partial charge in [0, 0.05) is 10.8 Å². The quantitative estimate of drug-likeness (QED) is 0.688. The Hall–Kier alpha value is -1.96. The molecule has 1 unspecified atom stereocenters. The monoisotopic (exact) mass is 211 g/mol. The highest BCUT2D eigenvalue weighted by molar-refractivity contribution is 5.73. The third-order valence-corrected chi connectivity index (χ3v) is 3.08. The Kier molecular flexibility index (Phi) is 1.90. The van der Waals surface area contributed by atoms with Crippen LogP contribution in [0.15, 0.2) is 48.1 Å². The molecule has 0 aromatic heterocycles. The van der Waals surface area contributed by atoms with Crippen LogP contribution in [0.2, 0.25) is 0 Å². The van der Waals surface area contributed by atoms with Crippen molar-refractivity contribution in [1.29, 1.82) is 0 Å². The summed E-state index contributed by atoms with van der Waals surface area (Å²) in [5.41, 5.74) is 8.40. The van der Waals surface area contributed by atoms with E-state index in [0.717, 1.165) is 5.22 Å². The Labute approximate surface area is 94.0 Å². The topological polar surface area (TPSA) is 35.2 Å². The van der Waals surface area contributed by atoms with Crippen molar-refractivity contribution in [2.24, 2.45) is 5.73 Å². The van der Waals surface area contributed by atoms with E-state index in [0.29, 0.717) is 5.88 Å². The Morgan fingerprint density at radius 1 is 1.19 bits per heavy atom. The van der Waals surface area contributed by atoms with E-state index >= 15 is 0 Å².